The average molecular weight is 465 g/mol. The molecule has 0 aliphatic rings. The van der Waals surface area contributed by atoms with Crippen LogP contribution < -0.4 is 11.2 Å². The first-order chi connectivity index (χ1) is 16.3. The first-order valence-electron chi connectivity index (χ1n) is 10.2. The predicted molar refractivity (Wildman–Crippen MR) is 124 cm³/mol. The van der Waals surface area contributed by atoms with Gasteiger partial charge in [-0.05, 0) is 50.0 Å². The minimum absolute atomic E-state index is 0.0218. The van der Waals surface area contributed by atoms with Crippen molar-refractivity contribution >= 4 is 23.6 Å². The van der Waals surface area contributed by atoms with Crippen LogP contribution in [-0.4, -0.2) is 42.4 Å². The predicted octanol–water partition coefficient (Wildman–Crippen LogP) is 3.22. The van der Waals surface area contributed by atoms with Crippen molar-refractivity contribution in [1.29, 1.82) is 0 Å². The van der Waals surface area contributed by atoms with Gasteiger partial charge >= 0.3 is 0 Å². The van der Waals surface area contributed by atoms with Gasteiger partial charge in [0.1, 0.15) is 5.69 Å². The number of amides is 1. The standard InChI is InChI=1S/C21H23N9O4/c1-13(2)6-4-7-14(3)10-11-23-25-21(31)17-18(15-8-5-9-16(12-15)30(32)33)29(28-24-17)20-19(22)26-34-27-20/h5-6,8-12H,4,7H2,1-3H3,(H2,22,26)(H,25,31)/b14-10+,23-11?. The van der Waals surface area contributed by atoms with Crippen molar-refractivity contribution in [2.45, 2.75) is 33.6 Å². The number of nitro benzene ring substituents is 1. The third-order valence-electron chi connectivity index (χ3n) is 4.60. The zero-order valence-corrected chi connectivity index (χ0v) is 18.8. The van der Waals surface area contributed by atoms with E-state index in [4.69, 9.17) is 5.73 Å². The van der Waals surface area contributed by atoms with E-state index in [1.165, 1.54) is 30.0 Å². The highest BCUT2D eigenvalue weighted by atomic mass is 16.6. The first kappa shape index (κ1) is 24.0. The zero-order chi connectivity index (χ0) is 24.7. The summed E-state index contributed by atoms with van der Waals surface area (Å²) < 4.78 is 5.73. The smallest absolute Gasteiger partial charge is 0.294 e. The van der Waals surface area contributed by atoms with E-state index in [1.807, 2.05) is 20.8 Å². The fourth-order valence-electron chi connectivity index (χ4n) is 2.93. The van der Waals surface area contributed by atoms with Gasteiger partial charge in [0.15, 0.2) is 5.69 Å². The van der Waals surface area contributed by atoms with Crippen LogP contribution >= 0.6 is 0 Å². The molecule has 0 aliphatic heterocycles. The van der Waals surface area contributed by atoms with E-state index < -0.39 is 10.8 Å². The lowest BCUT2D eigenvalue weighted by Crippen LogP contribution is -2.19. The second kappa shape index (κ2) is 10.8. The normalized spacial score (nSPS) is 11.6. The highest BCUT2D eigenvalue weighted by Crippen LogP contribution is 2.28. The summed E-state index contributed by atoms with van der Waals surface area (Å²) in [6, 6.07) is 5.62. The molecule has 3 N–H and O–H groups in total. The number of non-ortho nitro benzene ring substituents is 1. The summed E-state index contributed by atoms with van der Waals surface area (Å²) in [7, 11) is 0. The molecule has 0 fully saturated rings. The largest absolute Gasteiger partial charge is 0.378 e. The van der Waals surface area contributed by atoms with Gasteiger partial charge in [0.2, 0.25) is 11.6 Å². The van der Waals surface area contributed by atoms with E-state index in [1.54, 1.807) is 12.1 Å². The second-order valence-electron chi connectivity index (χ2n) is 7.53. The van der Waals surface area contributed by atoms with Crippen LogP contribution in [0.5, 0.6) is 0 Å². The molecular formula is C21H23N9O4. The molecule has 2 heterocycles. The van der Waals surface area contributed by atoms with E-state index >= 15 is 0 Å². The van der Waals surface area contributed by atoms with Gasteiger partial charge in [-0.15, -0.1) is 5.10 Å². The number of hydrogen-bond donors (Lipinski definition) is 2. The van der Waals surface area contributed by atoms with Crippen LogP contribution in [0.2, 0.25) is 0 Å². The molecule has 34 heavy (non-hydrogen) atoms. The van der Waals surface area contributed by atoms with Crippen molar-refractivity contribution < 1.29 is 14.3 Å². The molecular weight excluding hydrogens is 442 g/mol. The average Bonchev–Trinajstić information content (AvgIpc) is 3.42. The summed E-state index contributed by atoms with van der Waals surface area (Å²) in [6.07, 6.45) is 7.18. The topological polar surface area (TPSA) is 180 Å². The quantitative estimate of drug-likeness (QED) is 0.207. The molecule has 0 bridgehead atoms. The molecule has 0 radical (unpaired) electrons. The van der Waals surface area contributed by atoms with Crippen LogP contribution in [0.15, 0.2) is 57.3 Å². The highest BCUT2D eigenvalue weighted by molar-refractivity contribution is 5.98. The Morgan fingerprint density at radius 2 is 2.12 bits per heavy atom. The molecule has 2 aromatic heterocycles. The number of nitrogens with one attached hydrogen (secondary N) is 1. The molecule has 13 heteroatoms. The lowest BCUT2D eigenvalue weighted by Gasteiger charge is -2.05. The third kappa shape index (κ3) is 5.76. The molecule has 0 spiro atoms. The van der Waals surface area contributed by atoms with E-state index in [2.05, 4.69) is 41.9 Å². The molecule has 0 unspecified atom stereocenters. The Bertz CT molecular complexity index is 1280. The van der Waals surface area contributed by atoms with Gasteiger partial charge in [-0.25, -0.2) is 10.1 Å². The van der Waals surface area contributed by atoms with Gasteiger partial charge in [0.25, 0.3) is 11.6 Å². The van der Waals surface area contributed by atoms with Crippen LogP contribution in [0.25, 0.3) is 17.1 Å². The molecule has 1 aromatic carbocycles. The molecule has 0 atom stereocenters. The fourth-order valence-corrected chi connectivity index (χ4v) is 2.93. The van der Waals surface area contributed by atoms with Gasteiger partial charge < -0.3 is 5.73 Å². The number of anilines is 1. The summed E-state index contributed by atoms with van der Waals surface area (Å²) in [5.41, 5.74) is 10.5. The van der Waals surface area contributed by atoms with Crippen molar-refractivity contribution in [2.75, 3.05) is 5.73 Å². The summed E-state index contributed by atoms with van der Waals surface area (Å²) in [4.78, 5) is 23.5. The Kier molecular flexibility index (Phi) is 7.59. The molecule has 0 saturated heterocycles. The zero-order valence-electron chi connectivity index (χ0n) is 18.8. The van der Waals surface area contributed by atoms with Crippen LogP contribution in [0.1, 0.15) is 44.1 Å². The second-order valence-corrected chi connectivity index (χ2v) is 7.53. The Hall–Kier alpha value is -4.68. The maximum Gasteiger partial charge on any atom is 0.294 e. The lowest BCUT2D eigenvalue weighted by atomic mass is 10.1. The summed E-state index contributed by atoms with van der Waals surface area (Å²) >= 11 is 0. The Morgan fingerprint density at radius 1 is 1.32 bits per heavy atom. The lowest BCUT2D eigenvalue weighted by molar-refractivity contribution is -0.384. The number of nitro groups is 1. The van der Waals surface area contributed by atoms with Crippen LogP contribution in [0, 0.1) is 10.1 Å². The SMILES string of the molecule is CC(C)=CCC/C(C)=C/C=NNC(=O)c1nnn(-c2nonc2N)c1-c1cccc([N+](=O)[O-])c1. The molecule has 1 amide bonds. The molecule has 0 aliphatic carbocycles. The van der Waals surface area contributed by atoms with E-state index in [0.717, 1.165) is 23.1 Å². The van der Waals surface area contributed by atoms with Gasteiger partial charge in [0, 0.05) is 23.9 Å². The summed E-state index contributed by atoms with van der Waals surface area (Å²) in [5, 5.41) is 30.2. The Morgan fingerprint density at radius 3 is 2.79 bits per heavy atom. The molecule has 3 aromatic rings. The van der Waals surface area contributed by atoms with Crippen molar-refractivity contribution in [1.82, 2.24) is 30.7 Å². The Balaban J connectivity index is 1.88. The Labute approximate surface area is 194 Å². The number of benzene rings is 1. The number of hydrogen-bond acceptors (Lipinski definition) is 10. The highest BCUT2D eigenvalue weighted by Gasteiger charge is 2.26. The number of nitrogens with two attached hydrogens (primary N) is 1. The van der Waals surface area contributed by atoms with E-state index in [-0.39, 0.29) is 34.3 Å². The van der Waals surface area contributed by atoms with Gasteiger partial charge in [-0.3, -0.25) is 14.9 Å². The summed E-state index contributed by atoms with van der Waals surface area (Å²) in [6.45, 7) is 6.05. The fraction of sp³-hybridized carbons (Fsp3) is 0.238. The monoisotopic (exact) mass is 465 g/mol. The molecule has 3 rings (SSSR count). The van der Waals surface area contributed by atoms with E-state index in [0.29, 0.717) is 0 Å². The number of aromatic nitrogens is 5. The maximum atomic E-state index is 12.8. The minimum Gasteiger partial charge on any atom is -0.378 e. The number of nitrogen functional groups attached to an aromatic ring is 1. The number of rotatable bonds is 9. The molecule has 176 valence electrons. The van der Waals surface area contributed by atoms with Crippen LogP contribution in [0.4, 0.5) is 11.5 Å². The number of carbonyl (C=O) groups excluding carboxylic acids is 1. The first-order valence-corrected chi connectivity index (χ1v) is 10.2. The van der Waals surface area contributed by atoms with Gasteiger partial charge in [-0.1, -0.05) is 34.6 Å². The van der Waals surface area contributed by atoms with Gasteiger partial charge in [0.05, 0.1) is 4.92 Å². The van der Waals surface area contributed by atoms with Crippen molar-refractivity contribution in [3.63, 3.8) is 0 Å². The van der Waals surface area contributed by atoms with Gasteiger partial charge in [-0.2, -0.15) is 9.78 Å². The number of allylic oxidation sites excluding steroid dienone is 4. The van der Waals surface area contributed by atoms with Crippen molar-refractivity contribution in [3.05, 3.63) is 63.4 Å². The summed E-state index contributed by atoms with van der Waals surface area (Å²) in [5.74, 6) is -0.809. The number of hydrazone groups is 1. The number of nitrogens with zero attached hydrogens (tertiary/aromatic N) is 7. The third-order valence-corrected chi connectivity index (χ3v) is 4.60. The molecule has 0 saturated carbocycles. The van der Waals surface area contributed by atoms with E-state index in [9.17, 15) is 14.9 Å². The van der Waals surface area contributed by atoms with Crippen molar-refractivity contribution in [2.24, 2.45) is 5.10 Å². The minimum atomic E-state index is -0.686. The number of carbonyl (C=O) groups is 1. The van der Waals surface area contributed by atoms with Crippen LogP contribution in [0.3, 0.4) is 0 Å². The molecule has 13 nitrogen and oxygen atoms in total. The van der Waals surface area contributed by atoms with Crippen LogP contribution in [-0.2, 0) is 0 Å². The maximum absolute atomic E-state index is 12.8. The van der Waals surface area contributed by atoms with Crippen molar-refractivity contribution in [3.8, 4) is 17.1 Å².